The smallest absolute Gasteiger partial charge is 0.243 e. The average molecular weight is 177 g/mol. The number of hydrogen-bond acceptors (Lipinski definition) is 5. The van der Waals surface area contributed by atoms with Gasteiger partial charge in [0.1, 0.15) is 6.61 Å². The van der Waals surface area contributed by atoms with E-state index in [0.717, 1.165) is 0 Å². The monoisotopic (exact) mass is 177 g/mol. The fourth-order valence-corrected chi connectivity index (χ4v) is 0.524. The number of ether oxygens (including phenoxy) is 2. The molecule has 0 bridgehead atoms. The second-order valence-electron chi connectivity index (χ2n) is 2.09. The number of amides is 1. The third-order valence-electron chi connectivity index (χ3n) is 1.01. The maximum Gasteiger partial charge on any atom is 0.243 e. The van der Waals surface area contributed by atoms with Crippen molar-refractivity contribution in [2.75, 3.05) is 33.0 Å². The zero-order chi connectivity index (χ0) is 9.23. The van der Waals surface area contributed by atoms with Gasteiger partial charge in [0.05, 0.1) is 19.8 Å². The van der Waals surface area contributed by atoms with Crippen molar-refractivity contribution in [3.63, 3.8) is 0 Å². The fourth-order valence-electron chi connectivity index (χ4n) is 0.524. The van der Waals surface area contributed by atoms with Crippen molar-refractivity contribution in [2.24, 2.45) is 11.6 Å². The Bertz CT molecular complexity index is 121. The predicted octanol–water partition coefficient (Wildman–Crippen LogP) is -2.03. The van der Waals surface area contributed by atoms with Crippen LogP contribution in [0.4, 0.5) is 0 Å². The maximum atomic E-state index is 10.2. The van der Waals surface area contributed by atoms with Crippen LogP contribution in [0.2, 0.25) is 0 Å². The lowest BCUT2D eigenvalue weighted by Crippen LogP contribution is -2.27. The highest BCUT2D eigenvalue weighted by Crippen LogP contribution is 1.76. The number of hydrazine groups is 1. The summed E-state index contributed by atoms with van der Waals surface area (Å²) in [6.45, 7) is 1.87. The number of hydrogen-bond donors (Lipinski definition) is 3. The molecule has 0 rings (SSSR count). The molecule has 0 unspecified atom stereocenters. The summed E-state index contributed by atoms with van der Waals surface area (Å²) in [6, 6.07) is 0. The van der Waals surface area contributed by atoms with Crippen LogP contribution in [0.3, 0.4) is 0 Å². The fraction of sp³-hybridized carbons (Fsp3) is 0.833. The Labute approximate surface area is 71.2 Å². The largest absolute Gasteiger partial charge is 0.378 e. The molecule has 0 saturated carbocycles. The Morgan fingerprint density at radius 1 is 1.25 bits per heavy atom. The SMILES string of the molecule is NNCCOCCOCC(N)=O. The standard InChI is InChI=1S/C6H15N3O3/c7-6(10)5-12-4-3-11-2-1-9-8/h9H,1-5,8H2,(H2,7,10). The van der Waals surface area contributed by atoms with Crippen LogP contribution in [0.15, 0.2) is 0 Å². The van der Waals surface area contributed by atoms with Crippen molar-refractivity contribution in [1.29, 1.82) is 0 Å². The second-order valence-corrected chi connectivity index (χ2v) is 2.09. The van der Waals surface area contributed by atoms with Gasteiger partial charge >= 0.3 is 0 Å². The number of primary amides is 1. The van der Waals surface area contributed by atoms with Crippen LogP contribution in [-0.4, -0.2) is 38.9 Å². The summed E-state index contributed by atoms with van der Waals surface area (Å²) in [5.41, 5.74) is 7.26. The molecule has 0 fully saturated rings. The Morgan fingerprint density at radius 3 is 2.50 bits per heavy atom. The number of carbonyl (C=O) groups is 1. The van der Waals surface area contributed by atoms with Gasteiger partial charge in [-0.3, -0.25) is 16.1 Å². The summed E-state index contributed by atoms with van der Waals surface area (Å²) in [4.78, 5) is 10.2. The van der Waals surface area contributed by atoms with Gasteiger partial charge in [0, 0.05) is 6.54 Å². The molecule has 0 aromatic heterocycles. The van der Waals surface area contributed by atoms with Gasteiger partial charge in [-0.1, -0.05) is 0 Å². The first-order chi connectivity index (χ1) is 5.77. The van der Waals surface area contributed by atoms with Crippen LogP contribution in [0.25, 0.3) is 0 Å². The quantitative estimate of drug-likeness (QED) is 0.225. The van der Waals surface area contributed by atoms with E-state index in [9.17, 15) is 4.79 Å². The first kappa shape index (κ1) is 11.3. The molecule has 0 aliphatic heterocycles. The van der Waals surface area contributed by atoms with E-state index in [0.29, 0.717) is 26.4 Å². The van der Waals surface area contributed by atoms with Gasteiger partial charge in [0.2, 0.25) is 5.91 Å². The van der Waals surface area contributed by atoms with Crippen LogP contribution >= 0.6 is 0 Å². The predicted molar refractivity (Wildman–Crippen MR) is 43.0 cm³/mol. The lowest BCUT2D eigenvalue weighted by atomic mass is 10.6. The molecule has 6 heteroatoms. The van der Waals surface area contributed by atoms with Crippen LogP contribution in [0.5, 0.6) is 0 Å². The highest BCUT2D eigenvalue weighted by Gasteiger charge is 1.93. The van der Waals surface area contributed by atoms with Crippen LogP contribution in [0, 0.1) is 0 Å². The molecule has 5 N–H and O–H groups in total. The zero-order valence-corrected chi connectivity index (χ0v) is 6.91. The van der Waals surface area contributed by atoms with Gasteiger partial charge in [-0.05, 0) is 0 Å². The molecule has 0 heterocycles. The molecule has 12 heavy (non-hydrogen) atoms. The summed E-state index contributed by atoms with van der Waals surface area (Å²) in [5.74, 6) is 4.51. The molecule has 0 saturated heterocycles. The molecule has 0 aromatic rings. The first-order valence-electron chi connectivity index (χ1n) is 3.64. The molecule has 72 valence electrons. The average Bonchev–Trinajstić information content (AvgIpc) is 2.02. The molecular weight excluding hydrogens is 162 g/mol. The second kappa shape index (κ2) is 8.41. The molecule has 0 radical (unpaired) electrons. The molecular formula is C6H15N3O3. The summed E-state index contributed by atoms with van der Waals surface area (Å²) in [7, 11) is 0. The van der Waals surface area contributed by atoms with E-state index in [1.807, 2.05) is 0 Å². The van der Waals surface area contributed by atoms with E-state index >= 15 is 0 Å². The van der Waals surface area contributed by atoms with E-state index in [1.54, 1.807) is 0 Å². The van der Waals surface area contributed by atoms with E-state index in [4.69, 9.17) is 21.1 Å². The molecule has 0 spiro atoms. The summed E-state index contributed by atoms with van der Waals surface area (Å²) >= 11 is 0. The number of nitrogens with one attached hydrogen (secondary N) is 1. The summed E-state index contributed by atoms with van der Waals surface area (Å²) < 4.78 is 9.86. The van der Waals surface area contributed by atoms with Gasteiger partial charge in [-0.15, -0.1) is 0 Å². The van der Waals surface area contributed by atoms with E-state index < -0.39 is 5.91 Å². The van der Waals surface area contributed by atoms with Gasteiger partial charge in [0.25, 0.3) is 0 Å². The van der Waals surface area contributed by atoms with Crippen molar-refractivity contribution >= 4 is 5.91 Å². The minimum atomic E-state index is -0.473. The van der Waals surface area contributed by atoms with Crippen LogP contribution in [0.1, 0.15) is 0 Å². The Morgan fingerprint density at radius 2 is 1.92 bits per heavy atom. The number of nitrogens with two attached hydrogens (primary N) is 2. The summed E-state index contributed by atoms with van der Waals surface area (Å²) in [6.07, 6.45) is 0. The van der Waals surface area contributed by atoms with Crippen LogP contribution in [-0.2, 0) is 14.3 Å². The minimum absolute atomic E-state index is 0.0570. The normalized spacial score (nSPS) is 10.1. The van der Waals surface area contributed by atoms with Crippen molar-refractivity contribution in [2.45, 2.75) is 0 Å². The molecule has 0 atom stereocenters. The lowest BCUT2D eigenvalue weighted by molar-refractivity contribution is -0.123. The Hall–Kier alpha value is -0.690. The van der Waals surface area contributed by atoms with Crippen molar-refractivity contribution in [1.82, 2.24) is 5.43 Å². The van der Waals surface area contributed by atoms with E-state index in [-0.39, 0.29) is 6.61 Å². The van der Waals surface area contributed by atoms with Gasteiger partial charge in [0.15, 0.2) is 0 Å². The zero-order valence-electron chi connectivity index (χ0n) is 6.91. The molecule has 0 aliphatic rings. The maximum absolute atomic E-state index is 10.2. The van der Waals surface area contributed by atoms with Crippen molar-refractivity contribution < 1.29 is 14.3 Å². The van der Waals surface area contributed by atoms with Gasteiger partial charge in [-0.25, -0.2) is 0 Å². The third-order valence-corrected chi connectivity index (χ3v) is 1.01. The van der Waals surface area contributed by atoms with Crippen molar-refractivity contribution in [3.05, 3.63) is 0 Å². The van der Waals surface area contributed by atoms with E-state index in [2.05, 4.69) is 5.43 Å². The Kier molecular flexibility index (Phi) is 7.92. The van der Waals surface area contributed by atoms with Gasteiger partial charge in [-0.2, -0.15) is 0 Å². The van der Waals surface area contributed by atoms with Gasteiger partial charge < -0.3 is 15.2 Å². The Balaban J connectivity index is 2.86. The van der Waals surface area contributed by atoms with Crippen molar-refractivity contribution in [3.8, 4) is 0 Å². The van der Waals surface area contributed by atoms with Crippen LogP contribution < -0.4 is 17.0 Å². The lowest BCUT2D eigenvalue weighted by Gasteiger charge is -2.03. The van der Waals surface area contributed by atoms with E-state index in [1.165, 1.54) is 0 Å². The first-order valence-corrected chi connectivity index (χ1v) is 3.64. The summed E-state index contributed by atoms with van der Waals surface area (Å²) in [5, 5.41) is 0. The highest BCUT2D eigenvalue weighted by molar-refractivity contribution is 5.74. The molecule has 1 amide bonds. The third kappa shape index (κ3) is 9.31. The minimum Gasteiger partial charge on any atom is -0.378 e. The molecule has 6 nitrogen and oxygen atoms in total. The number of rotatable bonds is 8. The molecule has 0 aromatic carbocycles. The topological polar surface area (TPSA) is 99.6 Å². The highest BCUT2D eigenvalue weighted by atomic mass is 16.5. The number of carbonyl (C=O) groups excluding carboxylic acids is 1. The molecule has 0 aliphatic carbocycles.